The third kappa shape index (κ3) is 7.50. The van der Waals surface area contributed by atoms with Crippen LogP contribution in [0.4, 0.5) is 13.2 Å². The van der Waals surface area contributed by atoms with Crippen molar-refractivity contribution in [2.24, 2.45) is 0 Å². The lowest BCUT2D eigenvalue weighted by Crippen LogP contribution is -2.51. The fraction of sp³-hybridized carbons (Fsp3) is 0.471. The normalized spacial score (nSPS) is 14.7. The van der Waals surface area contributed by atoms with Gasteiger partial charge in [0.25, 0.3) is 0 Å². The number of ether oxygens (including phenoxy) is 1. The lowest BCUT2D eigenvalue weighted by molar-refractivity contribution is -0.153. The van der Waals surface area contributed by atoms with Crippen molar-refractivity contribution in [3.05, 3.63) is 48.0 Å². The zero-order valence-electron chi connectivity index (χ0n) is 14.4. The number of alkyl halides is 3. The molecule has 8 heteroatoms. The van der Waals surface area contributed by atoms with Gasteiger partial charge in [-0.2, -0.15) is 13.2 Å². The van der Waals surface area contributed by atoms with E-state index in [2.05, 4.69) is 6.58 Å². The highest BCUT2D eigenvalue weighted by molar-refractivity contribution is 7.90. The maximum absolute atomic E-state index is 13.2. The molecule has 1 aromatic carbocycles. The minimum Gasteiger partial charge on any atom is -0.598 e. The van der Waals surface area contributed by atoms with Gasteiger partial charge in [-0.3, -0.25) is 0 Å². The van der Waals surface area contributed by atoms with Crippen molar-refractivity contribution >= 4 is 17.3 Å². The summed E-state index contributed by atoms with van der Waals surface area (Å²) in [6, 6.07) is 6.60. The Kier molecular flexibility index (Phi) is 7.52. The first-order valence-electron chi connectivity index (χ1n) is 7.55. The lowest BCUT2D eigenvalue weighted by Gasteiger charge is -2.29. The number of benzene rings is 1. The molecule has 4 nitrogen and oxygen atoms in total. The Balaban J connectivity index is 2.66. The van der Waals surface area contributed by atoms with Gasteiger partial charge in [-0.05, 0) is 26.3 Å². The van der Waals surface area contributed by atoms with E-state index in [1.165, 1.54) is 0 Å². The van der Waals surface area contributed by atoms with Crippen molar-refractivity contribution < 1.29 is 27.3 Å². The largest absolute Gasteiger partial charge is 0.598 e. The first-order chi connectivity index (χ1) is 11.4. The van der Waals surface area contributed by atoms with E-state index >= 15 is 0 Å². The SMILES string of the molecule is C=C(C[C@H](N[S+]([O-])C(C)(C)C)C(F)(F)F)C(=O)OCc1ccccc1. The highest BCUT2D eigenvalue weighted by Gasteiger charge is 2.45. The molecule has 0 radical (unpaired) electrons. The van der Waals surface area contributed by atoms with Crippen LogP contribution in [-0.2, 0) is 27.5 Å². The van der Waals surface area contributed by atoms with Gasteiger partial charge in [0.15, 0.2) is 6.04 Å². The standard InChI is InChI=1S/C17H22F3NO3S/c1-12(15(22)24-11-13-8-6-5-7-9-13)10-14(17(18,19)20)21-25(23)16(2,3)4/h5-9,14,21H,1,10-11H2,2-4H3/t14-,25?/m0/s1. The number of esters is 1. The molecule has 0 amide bonds. The average Bonchev–Trinajstić information content (AvgIpc) is 2.50. The Morgan fingerprint density at radius 2 is 1.84 bits per heavy atom. The summed E-state index contributed by atoms with van der Waals surface area (Å²) in [4.78, 5) is 11.9. The maximum atomic E-state index is 13.2. The molecule has 0 aromatic heterocycles. The van der Waals surface area contributed by atoms with Crippen LogP contribution in [0.15, 0.2) is 42.5 Å². The fourth-order valence-corrected chi connectivity index (χ4v) is 2.51. The molecule has 0 bridgehead atoms. The molecule has 0 aliphatic rings. The van der Waals surface area contributed by atoms with Crippen molar-refractivity contribution in [2.75, 3.05) is 0 Å². The highest BCUT2D eigenvalue weighted by Crippen LogP contribution is 2.27. The average molecular weight is 377 g/mol. The second kappa shape index (κ2) is 8.73. The zero-order chi connectivity index (χ0) is 19.3. The van der Waals surface area contributed by atoms with Crippen LogP contribution in [0.25, 0.3) is 0 Å². The number of halogens is 3. The van der Waals surface area contributed by atoms with Crippen molar-refractivity contribution in [1.82, 2.24) is 4.72 Å². The predicted molar refractivity (Wildman–Crippen MR) is 90.9 cm³/mol. The van der Waals surface area contributed by atoms with E-state index in [9.17, 15) is 22.5 Å². The van der Waals surface area contributed by atoms with Gasteiger partial charge in [0.05, 0.1) is 0 Å². The first kappa shape index (κ1) is 21.5. The second-order valence-electron chi connectivity index (χ2n) is 6.46. The number of hydrogen-bond acceptors (Lipinski definition) is 4. The summed E-state index contributed by atoms with van der Waals surface area (Å²) in [6.07, 6.45) is -5.41. The molecule has 25 heavy (non-hydrogen) atoms. The van der Waals surface area contributed by atoms with E-state index in [0.717, 1.165) is 0 Å². The van der Waals surface area contributed by atoms with E-state index in [4.69, 9.17) is 4.74 Å². The van der Waals surface area contributed by atoms with E-state index in [1.54, 1.807) is 51.1 Å². The lowest BCUT2D eigenvalue weighted by atomic mass is 10.1. The Hall–Kier alpha value is -1.51. The number of carbonyl (C=O) groups is 1. The molecule has 1 N–H and O–H groups in total. The summed E-state index contributed by atoms with van der Waals surface area (Å²) in [5.74, 6) is -0.915. The summed E-state index contributed by atoms with van der Waals surface area (Å²) in [6.45, 7) is 7.96. The first-order valence-corrected chi connectivity index (χ1v) is 8.70. The van der Waals surface area contributed by atoms with Crippen LogP contribution < -0.4 is 4.72 Å². The van der Waals surface area contributed by atoms with Crippen molar-refractivity contribution in [3.63, 3.8) is 0 Å². The van der Waals surface area contributed by atoms with Crippen LogP contribution in [-0.4, -0.2) is 27.5 Å². The van der Waals surface area contributed by atoms with Crippen LogP contribution >= 0.6 is 0 Å². The highest BCUT2D eigenvalue weighted by atomic mass is 32.2. The molecule has 1 aromatic rings. The van der Waals surface area contributed by atoms with Crippen LogP contribution in [0.5, 0.6) is 0 Å². The minimum atomic E-state index is -4.68. The molecule has 2 atom stereocenters. The molecule has 0 fully saturated rings. The molecule has 0 aliphatic carbocycles. The molecule has 0 spiro atoms. The van der Waals surface area contributed by atoms with Crippen LogP contribution in [0.1, 0.15) is 32.8 Å². The smallest absolute Gasteiger partial charge is 0.408 e. The Labute approximate surface area is 148 Å². The van der Waals surface area contributed by atoms with E-state index in [-0.39, 0.29) is 12.2 Å². The molecule has 1 unspecified atom stereocenters. The van der Waals surface area contributed by atoms with Crippen LogP contribution in [0, 0.1) is 0 Å². The molecule has 140 valence electrons. The van der Waals surface area contributed by atoms with Crippen molar-refractivity contribution in [2.45, 2.75) is 50.8 Å². The Morgan fingerprint density at radius 3 is 2.32 bits per heavy atom. The monoisotopic (exact) mass is 377 g/mol. The molecule has 1 rings (SSSR count). The summed E-state index contributed by atoms with van der Waals surface area (Å²) in [5.41, 5.74) is 0.375. The van der Waals surface area contributed by atoms with E-state index < -0.39 is 40.7 Å². The molecular weight excluding hydrogens is 355 g/mol. The van der Waals surface area contributed by atoms with Gasteiger partial charge >= 0.3 is 12.1 Å². The topological polar surface area (TPSA) is 61.4 Å². The molecule has 0 aliphatic heterocycles. The van der Waals surface area contributed by atoms with Gasteiger partial charge in [-0.15, -0.1) is 4.72 Å². The third-order valence-corrected chi connectivity index (χ3v) is 4.76. The van der Waals surface area contributed by atoms with E-state index in [1.807, 2.05) is 4.72 Å². The number of hydrogen-bond donors (Lipinski definition) is 1. The predicted octanol–water partition coefficient (Wildman–Crippen LogP) is 3.66. The van der Waals surface area contributed by atoms with E-state index in [0.29, 0.717) is 5.56 Å². The van der Waals surface area contributed by atoms with Gasteiger partial charge in [-0.1, -0.05) is 36.9 Å². The zero-order valence-corrected chi connectivity index (χ0v) is 15.2. The molecule has 0 saturated carbocycles. The van der Waals surface area contributed by atoms with Gasteiger partial charge in [0.1, 0.15) is 11.4 Å². The maximum Gasteiger partial charge on any atom is 0.408 e. The molecule has 0 saturated heterocycles. The van der Waals surface area contributed by atoms with Crippen molar-refractivity contribution in [3.8, 4) is 0 Å². The molecular formula is C17H22F3NO3S. The number of rotatable bonds is 7. The molecule has 0 heterocycles. The number of nitrogens with one attached hydrogen (secondary N) is 1. The summed E-state index contributed by atoms with van der Waals surface area (Å²) in [7, 11) is 0. The quantitative estimate of drug-likeness (QED) is 0.448. The summed E-state index contributed by atoms with van der Waals surface area (Å²) >= 11 is -1.94. The van der Waals surface area contributed by atoms with Gasteiger partial charge < -0.3 is 9.29 Å². The second-order valence-corrected chi connectivity index (χ2v) is 8.46. The minimum absolute atomic E-state index is 0.0588. The Morgan fingerprint density at radius 1 is 1.28 bits per heavy atom. The Bertz CT molecular complexity index is 585. The number of carbonyl (C=O) groups excluding carboxylic acids is 1. The van der Waals surface area contributed by atoms with Gasteiger partial charge in [0, 0.05) is 23.4 Å². The van der Waals surface area contributed by atoms with Gasteiger partial charge in [0.2, 0.25) is 0 Å². The summed E-state index contributed by atoms with van der Waals surface area (Å²) in [5, 5.41) is 0. The van der Waals surface area contributed by atoms with Crippen LogP contribution in [0.3, 0.4) is 0 Å². The van der Waals surface area contributed by atoms with Crippen LogP contribution in [0.2, 0.25) is 0 Å². The third-order valence-electron chi connectivity index (χ3n) is 3.15. The van der Waals surface area contributed by atoms with Gasteiger partial charge in [-0.25, -0.2) is 4.79 Å². The summed E-state index contributed by atoms with van der Waals surface area (Å²) < 4.78 is 57.5. The fourth-order valence-electron chi connectivity index (χ4n) is 1.69. The van der Waals surface area contributed by atoms with Crippen molar-refractivity contribution in [1.29, 1.82) is 0 Å².